The van der Waals surface area contributed by atoms with E-state index in [1.165, 1.54) is 18.2 Å². The third-order valence-electron chi connectivity index (χ3n) is 2.25. The van der Waals surface area contributed by atoms with Crippen molar-refractivity contribution in [3.8, 4) is 6.07 Å². The number of aliphatic hydroxyl groups excluding tert-OH is 1. The van der Waals surface area contributed by atoms with Crippen molar-refractivity contribution in [3.63, 3.8) is 0 Å². The Kier molecular flexibility index (Phi) is 4.07. The summed E-state index contributed by atoms with van der Waals surface area (Å²) in [6.45, 7) is 1.73. The van der Waals surface area contributed by atoms with Crippen LogP contribution in [0.1, 0.15) is 24.8 Å². The van der Waals surface area contributed by atoms with E-state index in [4.69, 9.17) is 16.9 Å². The summed E-state index contributed by atoms with van der Waals surface area (Å²) in [7, 11) is 0. The normalized spacial score (nSPS) is 14.3. The maximum atomic E-state index is 13.4. The first-order chi connectivity index (χ1) is 7.11. The highest BCUT2D eigenvalue weighted by Crippen LogP contribution is 2.30. The van der Waals surface area contributed by atoms with Crippen molar-refractivity contribution in [2.24, 2.45) is 0 Å². The highest BCUT2D eigenvalue weighted by Gasteiger charge is 2.24. The number of hydrogen-bond acceptors (Lipinski definition) is 2. The van der Waals surface area contributed by atoms with E-state index in [1.54, 1.807) is 6.92 Å². The van der Waals surface area contributed by atoms with Crippen LogP contribution in [0.2, 0.25) is 5.02 Å². The molecule has 0 saturated heterocycles. The Bertz CT molecular complexity index is 368. The average Bonchev–Trinajstić information content (AvgIpc) is 2.22. The summed E-state index contributed by atoms with van der Waals surface area (Å²) in [4.78, 5) is 0. The Morgan fingerprint density at radius 1 is 1.60 bits per heavy atom. The second kappa shape index (κ2) is 5.11. The standard InChI is InChI=1S/C11H11ClFNO/c1-2-10(15)7(6-14)11-8(12)4-3-5-9(11)13/h3-5,7,10,15H,2H2,1H3. The quantitative estimate of drug-likeness (QED) is 0.863. The topological polar surface area (TPSA) is 44.0 Å². The molecule has 0 aromatic heterocycles. The van der Waals surface area contributed by atoms with Crippen molar-refractivity contribution in [2.45, 2.75) is 25.4 Å². The Balaban J connectivity index is 3.19. The number of hydrogen-bond donors (Lipinski definition) is 1. The zero-order chi connectivity index (χ0) is 11.4. The smallest absolute Gasteiger partial charge is 0.129 e. The minimum atomic E-state index is -0.913. The fraction of sp³-hybridized carbons (Fsp3) is 0.364. The van der Waals surface area contributed by atoms with Crippen LogP contribution in [-0.2, 0) is 0 Å². The summed E-state index contributed by atoms with van der Waals surface area (Å²) in [5, 5.41) is 18.6. The molecule has 0 saturated carbocycles. The molecule has 0 bridgehead atoms. The van der Waals surface area contributed by atoms with Crippen LogP contribution in [0.3, 0.4) is 0 Å². The third kappa shape index (κ3) is 2.47. The van der Waals surface area contributed by atoms with Gasteiger partial charge in [-0.1, -0.05) is 24.6 Å². The SMILES string of the molecule is CCC(O)C(C#N)c1c(F)cccc1Cl. The molecular weight excluding hydrogens is 217 g/mol. The van der Waals surface area contributed by atoms with Crippen LogP contribution in [-0.4, -0.2) is 11.2 Å². The van der Waals surface area contributed by atoms with Crippen LogP contribution >= 0.6 is 11.6 Å². The maximum Gasteiger partial charge on any atom is 0.129 e. The first-order valence-electron chi connectivity index (χ1n) is 4.63. The van der Waals surface area contributed by atoms with Gasteiger partial charge < -0.3 is 5.11 Å². The molecule has 80 valence electrons. The summed E-state index contributed by atoms with van der Waals surface area (Å²) >= 11 is 5.80. The monoisotopic (exact) mass is 227 g/mol. The molecule has 0 aliphatic rings. The van der Waals surface area contributed by atoms with Gasteiger partial charge in [0.2, 0.25) is 0 Å². The summed E-state index contributed by atoms with van der Waals surface area (Å²) in [5.74, 6) is -1.47. The van der Waals surface area contributed by atoms with E-state index in [9.17, 15) is 9.50 Å². The molecule has 0 heterocycles. The van der Waals surface area contributed by atoms with Crippen LogP contribution in [0, 0.1) is 17.1 Å². The fourth-order valence-corrected chi connectivity index (χ4v) is 1.67. The van der Waals surface area contributed by atoms with Crippen LogP contribution in [0.25, 0.3) is 0 Å². The Morgan fingerprint density at radius 3 is 2.73 bits per heavy atom. The second-order valence-electron chi connectivity index (χ2n) is 3.22. The lowest BCUT2D eigenvalue weighted by molar-refractivity contribution is 0.156. The Morgan fingerprint density at radius 2 is 2.27 bits per heavy atom. The number of benzene rings is 1. The van der Waals surface area contributed by atoms with Crippen molar-refractivity contribution in [2.75, 3.05) is 0 Å². The molecule has 2 unspecified atom stereocenters. The molecule has 2 atom stereocenters. The molecule has 1 aromatic carbocycles. The molecular formula is C11H11ClFNO. The van der Waals surface area contributed by atoms with E-state index in [0.29, 0.717) is 6.42 Å². The molecule has 1 aromatic rings. The van der Waals surface area contributed by atoms with Crippen molar-refractivity contribution in [1.29, 1.82) is 5.26 Å². The van der Waals surface area contributed by atoms with E-state index < -0.39 is 17.8 Å². The fourth-order valence-electron chi connectivity index (χ4n) is 1.39. The summed E-state index contributed by atoms with van der Waals surface area (Å²) < 4.78 is 13.4. The number of halogens is 2. The summed E-state index contributed by atoms with van der Waals surface area (Å²) in [6, 6.07) is 6.08. The molecule has 2 nitrogen and oxygen atoms in total. The van der Waals surface area contributed by atoms with E-state index in [-0.39, 0.29) is 10.6 Å². The van der Waals surface area contributed by atoms with E-state index in [0.717, 1.165) is 0 Å². The summed E-state index contributed by atoms with van der Waals surface area (Å²) in [5.41, 5.74) is 0.0796. The summed E-state index contributed by atoms with van der Waals surface area (Å²) in [6.07, 6.45) is -0.521. The van der Waals surface area contributed by atoms with E-state index in [2.05, 4.69) is 0 Å². The number of nitriles is 1. The van der Waals surface area contributed by atoms with Gasteiger partial charge in [-0.05, 0) is 18.6 Å². The van der Waals surface area contributed by atoms with Gasteiger partial charge in [-0.2, -0.15) is 5.26 Å². The lowest BCUT2D eigenvalue weighted by Crippen LogP contribution is -2.17. The molecule has 1 rings (SSSR count). The van der Waals surface area contributed by atoms with Gasteiger partial charge in [-0.3, -0.25) is 0 Å². The van der Waals surface area contributed by atoms with Gasteiger partial charge >= 0.3 is 0 Å². The number of nitrogens with zero attached hydrogens (tertiary/aromatic N) is 1. The molecule has 0 fully saturated rings. The van der Waals surface area contributed by atoms with Gasteiger partial charge in [0.15, 0.2) is 0 Å². The van der Waals surface area contributed by atoms with Gasteiger partial charge in [-0.25, -0.2) is 4.39 Å². The lowest BCUT2D eigenvalue weighted by Gasteiger charge is -2.16. The van der Waals surface area contributed by atoms with Crippen molar-refractivity contribution >= 4 is 11.6 Å². The second-order valence-corrected chi connectivity index (χ2v) is 3.62. The molecule has 1 N–H and O–H groups in total. The highest BCUT2D eigenvalue weighted by molar-refractivity contribution is 6.31. The van der Waals surface area contributed by atoms with Gasteiger partial charge in [-0.15, -0.1) is 0 Å². The predicted octanol–water partition coefficient (Wildman–Crippen LogP) is 2.86. The van der Waals surface area contributed by atoms with Gasteiger partial charge in [0.25, 0.3) is 0 Å². The molecule has 15 heavy (non-hydrogen) atoms. The minimum Gasteiger partial charge on any atom is -0.391 e. The Labute approximate surface area is 92.9 Å². The van der Waals surface area contributed by atoms with E-state index >= 15 is 0 Å². The van der Waals surface area contributed by atoms with Gasteiger partial charge in [0, 0.05) is 10.6 Å². The molecule has 0 radical (unpaired) electrons. The van der Waals surface area contributed by atoms with Gasteiger partial charge in [0.05, 0.1) is 12.2 Å². The molecule has 0 amide bonds. The molecule has 0 aliphatic heterocycles. The van der Waals surface area contributed by atoms with Crippen LogP contribution in [0.5, 0.6) is 0 Å². The van der Waals surface area contributed by atoms with Crippen LogP contribution < -0.4 is 0 Å². The molecule has 0 spiro atoms. The zero-order valence-corrected chi connectivity index (χ0v) is 9.00. The first kappa shape index (κ1) is 12.0. The Hall–Kier alpha value is -1.11. The number of rotatable bonds is 3. The highest BCUT2D eigenvalue weighted by atomic mass is 35.5. The van der Waals surface area contributed by atoms with E-state index in [1.807, 2.05) is 6.07 Å². The van der Waals surface area contributed by atoms with Crippen molar-refractivity contribution < 1.29 is 9.50 Å². The van der Waals surface area contributed by atoms with Crippen LogP contribution in [0.15, 0.2) is 18.2 Å². The third-order valence-corrected chi connectivity index (χ3v) is 2.58. The number of aliphatic hydroxyl groups is 1. The van der Waals surface area contributed by atoms with Crippen LogP contribution in [0.4, 0.5) is 4.39 Å². The van der Waals surface area contributed by atoms with Gasteiger partial charge in [0.1, 0.15) is 11.7 Å². The molecule has 4 heteroatoms. The average molecular weight is 228 g/mol. The lowest BCUT2D eigenvalue weighted by atomic mass is 9.93. The predicted molar refractivity (Wildman–Crippen MR) is 56.1 cm³/mol. The maximum absolute atomic E-state index is 13.4. The minimum absolute atomic E-state index is 0.0796. The zero-order valence-electron chi connectivity index (χ0n) is 8.24. The van der Waals surface area contributed by atoms with Crippen molar-refractivity contribution in [1.82, 2.24) is 0 Å². The largest absolute Gasteiger partial charge is 0.391 e. The first-order valence-corrected chi connectivity index (χ1v) is 5.01. The molecule has 0 aliphatic carbocycles. The van der Waals surface area contributed by atoms with Crippen molar-refractivity contribution in [3.05, 3.63) is 34.6 Å².